The smallest absolute Gasteiger partial charge is 0.306 e. The molecule has 0 bridgehead atoms. The summed E-state index contributed by atoms with van der Waals surface area (Å²) >= 11 is 0. The zero-order valence-corrected chi connectivity index (χ0v) is 42.9. The number of rotatable bonds is 48. The monoisotopic (exact) mass is 913 g/mol. The van der Waals surface area contributed by atoms with Gasteiger partial charge in [0.2, 0.25) is 0 Å². The number of ether oxygens (including phenoxy) is 3. The van der Waals surface area contributed by atoms with E-state index in [1.165, 1.54) is 64.2 Å². The van der Waals surface area contributed by atoms with Crippen molar-refractivity contribution in [3.63, 3.8) is 0 Å². The Hall–Kier alpha value is -3.70. The van der Waals surface area contributed by atoms with Crippen LogP contribution in [0.15, 0.2) is 122 Å². The van der Waals surface area contributed by atoms with Crippen molar-refractivity contribution in [2.24, 2.45) is 0 Å². The molecule has 0 aliphatic heterocycles. The minimum absolute atomic E-state index is 0.0483. The molecule has 0 aromatic carbocycles. The molecule has 0 aliphatic rings. The van der Waals surface area contributed by atoms with E-state index < -0.39 is 6.10 Å². The molecule has 0 saturated heterocycles. The van der Waals surface area contributed by atoms with Gasteiger partial charge in [0.05, 0.1) is 6.61 Å². The molecule has 0 spiro atoms. The first-order chi connectivity index (χ1) is 32.6. The Balaban J connectivity index is 4.41. The van der Waals surface area contributed by atoms with E-state index in [9.17, 15) is 9.59 Å². The minimum Gasteiger partial charge on any atom is -0.462 e. The second-order valence-corrected chi connectivity index (χ2v) is 17.4. The van der Waals surface area contributed by atoms with Crippen molar-refractivity contribution in [2.75, 3.05) is 19.8 Å². The van der Waals surface area contributed by atoms with Crippen molar-refractivity contribution in [3.05, 3.63) is 122 Å². The summed E-state index contributed by atoms with van der Waals surface area (Å²) < 4.78 is 17.4. The van der Waals surface area contributed by atoms with Crippen LogP contribution in [-0.2, 0) is 23.8 Å². The first kappa shape index (κ1) is 62.3. The molecule has 0 N–H and O–H groups in total. The highest BCUT2D eigenvalue weighted by atomic mass is 16.6. The van der Waals surface area contributed by atoms with Gasteiger partial charge in [-0.1, -0.05) is 206 Å². The van der Waals surface area contributed by atoms with Gasteiger partial charge in [-0.2, -0.15) is 0 Å². The second-order valence-electron chi connectivity index (χ2n) is 17.4. The van der Waals surface area contributed by atoms with Crippen LogP contribution in [0.3, 0.4) is 0 Å². The normalized spacial score (nSPS) is 13.2. The number of carbonyl (C=O) groups excluding carboxylic acids is 2. The topological polar surface area (TPSA) is 61.8 Å². The third-order valence-corrected chi connectivity index (χ3v) is 11.0. The fourth-order valence-electron chi connectivity index (χ4n) is 6.99. The fourth-order valence-corrected chi connectivity index (χ4v) is 6.99. The maximum atomic E-state index is 12.8. The van der Waals surface area contributed by atoms with Crippen LogP contribution in [-0.4, -0.2) is 37.9 Å². The molecule has 0 rings (SSSR count). The van der Waals surface area contributed by atoms with Gasteiger partial charge in [-0.3, -0.25) is 9.59 Å². The molecule has 0 aromatic heterocycles. The molecule has 0 aromatic rings. The van der Waals surface area contributed by atoms with Crippen LogP contribution in [0.5, 0.6) is 0 Å². The zero-order valence-electron chi connectivity index (χ0n) is 42.9. The van der Waals surface area contributed by atoms with Gasteiger partial charge in [0, 0.05) is 19.4 Å². The van der Waals surface area contributed by atoms with E-state index in [1.807, 2.05) is 0 Å². The lowest BCUT2D eigenvalue weighted by atomic mass is 10.1. The Morgan fingerprint density at radius 1 is 0.348 bits per heavy atom. The van der Waals surface area contributed by atoms with E-state index in [1.54, 1.807) is 0 Å². The van der Waals surface area contributed by atoms with E-state index >= 15 is 0 Å². The molecule has 374 valence electrons. The van der Waals surface area contributed by atoms with E-state index in [4.69, 9.17) is 14.2 Å². The van der Waals surface area contributed by atoms with Gasteiger partial charge in [-0.05, 0) is 128 Å². The van der Waals surface area contributed by atoms with Crippen molar-refractivity contribution in [1.82, 2.24) is 0 Å². The summed E-state index contributed by atoms with van der Waals surface area (Å²) in [5.74, 6) is -0.471. The summed E-state index contributed by atoms with van der Waals surface area (Å²) in [6.07, 6.45) is 77.8. The van der Waals surface area contributed by atoms with E-state index in [0.717, 1.165) is 128 Å². The third-order valence-electron chi connectivity index (χ3n) is 11.0. The summed E-state index contributed by atoms with van der Waals surface area (Å²) in [5.41, 5.74) is 0. The highest BCUT2D eigenvalue weighted by Gasteiger charge is 2.17. The molecule has 0 radical (unpaired) electrons. The second kappa shape index (κ2) is 55.6. The summed E-state index contributed by atoms with van der Waals surface area (Å²) in [7, 11) is 0. The van der Waals surface area contributed by atoms with Gasteiger partial charge in [-0.25, -0.2) is 0 Å². The first-order valence-electron chi connectivity index (χ1n) is 27.1. The maximum absolute atomic E-state index is 12.8. The predicted octanol–water partition coefficient (Wildman–Crippen LogP) is 18.6. The van der Waals surface area contributed by atoms with E-state index in [-0.39, 0.29) is 25.2 Å². The Morgan fingerprint density at radius 3 is 1.12 bits per heavy atom. The Morgan fingerprint density at radius 2 is 0.682 bits per heavy atom. The molecule has 0 fully saturated rings. The first-order valence-corrected chi connectivity index (χ1v) is 27.1. The Labute approximate surface area is 407 Å². The minimum atomic E-state index is -0.574. The Kier molecular flexibility index (Phi) is 52.5. The van der Waals surface area contributed by atoms with E-state index in [0.29, 0.717) is 19.4 Å². The molecule has 0 heterocycles. The molecule has 1 unspecified atom stereocenters. The lowest BCUT2D eigenvalue weighted by molar-refractivity contribution is -0.163. The quantitative estimate of drug-likeness (QED) is 0.0346. The summed E-state index contributed by atoms with van der Waals surface area (Å²) in [6.45, 7) is 7.51. The molecule has 0 aliphatic carbocycles. The van der Waals surface area contributed by atoms with Crippen molar-refractivity contribution < 1.29 is 23.8 Å². The largest absolute Gasteiger partial charge is 0.462 e. The number of unbranched alkanes of at least 4 members (excludes halogenated alkanes) is 17. The third kappa shape index (κ3) is 52.9. The molecule has 66 heavy (non-hydrogen) atoms. The number of esters is 2. The molecular weight excluding hydrogens is 813 g/mol. The lowest BCUT2D eigenvalue weighted by Gasteiger charge is -2.18. The summed E-state index contributed by atoms with van der Waals surface area (Å²) in [4.78, 5) is 25.5. The Bertz CT molecular complexity index is 1350. The summed E-state index contributed by atoms with van der Waals surface area (Å²) in [5, 5.41) is 0. The van der Waals surface area contributed by atoms with Crippen LogP contribution >= 0.6 is 0 Å². The number of allylic oxidation sites excluding steroid dienone is 20. The van der Waals surface area contributed by atoms with Crippen LogP contribution in [0.4, 0.5) is 0 Å². The van der Waals surface area contributed by atoms with Crippen LogP contribution in [0.25, 0.3) is 0 Å². The average molecular weight is 913 g/mol. The maximum Gasteiger partial charge on any atom is 0.306 e. The molecule has 0 amide bonds. The predicted molar refractivity (Wildman–Crippen MR) is 288 cm³/mol. The SMILES string of the molecule is CC/C=C\C/C=C\C/C=C\C/C=C\C/C=C\CCCCCC(=O)OCC(COCCCCCCCC/C=C\CCCCCC)OC(=O)CCCCCC/C=C\C/C=C\C/C=C\C/C=C\CC. The molecule has 1 atom stereocenters. The lowest BCUT2D eigenvalue weighted by Crippen LogP contribution is -2.30. The number of hydrogen-bond donors (Lipinski definition) is 0. The van der Waals surface area contributed by atoms with E-state index in [2.05, 4.69) is 142 Å². The van der Waals surface area contributed by atoms with Crippen molar-refractivity contribution in [2.45, 2.75) is 232 Å². The zero-order chi connectivity index (χ0) is 47.7. The van der Waals surface area contributed by atoms with Crippen molar-refractivity contribution in [1.29, 1.82) is 0 Å². The highest BCUT2D eigenvalue weighted by Crippen LogP contribution is 2.12. The van der Waals surface area contributed by atoms with Gasteiger partial charge >= 0.3 is 11.9 Å². The van der Waals surface area contributed by atoms with Crippen molar-refractivity contribution in [3.8, 4) is 0 Å². The molecular formula is C61H100O5. The van der Waals surface area contributed by atoms with Crippen LogP contribution in [0.1, 0.15) is 226 Å². The van der Waals surface area contributed by atoms with Crippen LogP contribution in [0, 0.1) is 0 Å². The van der Waals surface area contributed by atoms with Gasteiger partial charge < -0.3 is 14.2 Å². The molecule has 5 heteroatoms. The standard InChI is InChI=1S/C61H100O5/c1-4-7-10-13-16-19-22-25-28-30-31-33-34-36-39-42-45-48-51-54-60(62)65-58-59(57-64-56-53-50-47-44-41-38-27-24-21-18-15-12-9-6-3)66-61(63)55-52-49-46-43-40-37-35-32-29-26-23-20-17-14-11-8-5-2/h7-8,10-11,16-17,19-21,24-26,28-29,31,33,35-37,39,59H,4-6,9,12-15,18,22-23,27,30,32,34,38,40-58H2,1-3H3/b10-7-,11-8-,19-16-,20-17-,24-21-,28-25-,29-26-,33-31-,37-35-,39-36-. The van der Waals surface area contributed by atoms with Gasteiger partial charge in [0.1, 0.15) is 6.61 Å². The highest BCUT2D eigenvalue weighted by molar-refractivity contribution is 5.70. The van der Waals surface area contributed by atoms with Gasteiger partial charge in [0.25, 0.3) is 0 Å². The number of carbonyl (C=O) groups is 2. The molecule has 0 saturated carbocycles. The average Bonchev–Trinajstić information content (AvgIpc) is 3.32. The van der Waals surface area contributed by atoms with Crippen molar-refractivity contribution >= 4 is 11.9 Å². The van der Waals surface area contributed by atoms with Gasteiger partial charge in [-0.15, -0.1) is 0 Å². The van der Waals surface area contributed by atoms with Crippen LogP contribution < -0.4 is 0 Å². The van der Waals surface area contributed by atoms with Gasteiger partial charge in [0.15, 0.2) is 6.10 Å². The fraction of sp³-hybridized carbons (Fsp3) is 0.639. The summed E-state index contributed by atoms with van der Waals surface area (Å²) in [6, 6.07) is 0. The molecule has 5 nitrogen and oxygen atoms in total. The van der Waals surface area contributed by atoms with Crippen LogP contribution in [0.2, 0.25) is 0 Å². The number of hydrogen-bond acceptors (Lipinski definition) is 5.